The number of aromatic nitrogens is 1. The lowest BCUT2D eigenvalue weighted by atomic mass is 9.91. The highest BCUT2D eigenvalue weighted by Gasteiger charge is 2.50. The Balaban J connectivity index is 1.51. The zero-order valence-electron chi connectivity index (χ0n) is 20.2. The van der Waals surface area contributed by atoms with E-state index in [9.17, 15) is 19.6 Å². The van der Waals surface area contributed by atoms with Crippen molar-refractivity contribution in [2.75, 3.05) is 6.61 Å². The fraction of sp³-hybridized carbons (Fsp3) is 0.538. The van der Waals surface area contributed by atoms with Gasteiger partial charge in [0.05, 0.1) is 18.2 Å². The summed E-state index contributed by atoms with van der Waals surface area (Å²) in [6.45, 7) is 8.52. The first kappa shape index (κ1) is 24.0. The average molecular weight is 465 g/mol. The largest absolute Gasteiger partial charge is 0.376 e. The summed E-state index contributed by atoms with van der Waals surface area (Å²) in [7, 11) is 0. The number of hydrogen-bond donors (Lipinski definition) is 2. The maximum absolute atomic E-state index is 13.3. The molecule has 34 heavy (non-hydrogen) atoms. The van der Waals surface area contributed by atoms with E-state index in [0.717, 1.165) is 16.5 Å². The summed E-state index contributed by atoms with van der Waals surface area (Å²) >= 11 is 0. The minimum Gasteiger partial charge on any atom is -0.376 e. The first-order chi connectivity index (χ1) is 16.1. The van der Waals surface area contributed by atoms with Gasteiger partial charge in [-0.05, 0) is 42.3 Å². The van der Waals surface area contributed by atoms with Crippen molar-refractivity contribution >= 4 is 22.7 Å². The third kappa shape index (κ3) is 5.00. The quantitative estimate of drug-likeness (QED) is 0.706. The lowest BCUT2D eigenvalue weighted by Gasteiger charge is -2.31. The smallest absolute Gasteiger partial charge is 0.251 e. The van der Waals surface area contributed by atoms with E-state index in [-0.39, 0.29) is 41.4 Å². The standard InChI is InChI=1S/C26H32N4O4/c1-15-5-6-19-16(9-15)10-17(24(32)29-19)11-18(14-27)28-25(33)21-12-22-20(7-8-34-22)30(21)23(31)13-26(2,3)4/h5-6,9-10,18,20-22H,7-8,11-13H2,1-4H3,(H,28,33)(H,29,32)/t18-,20+,21?,22+/m0/s1. The number of amides is 2. The molecule has 1 aromatic heterocycles. The van der Waals surface area contributed by atoms with Crippen LogP contribution in [0.5, 0.6) is 0 Å². The van der Waals surface area contributed by atoms with Gasteiger partial charge in [-0.3, -0.25) is 14.4 Å². The molecule has 0 radical (unpaired) electrons. The number of carbonyl (C=O) groups is 2. The minimum atomic E-state index is -0.892. The highest BCUT2D eigenvalue weighted by Crippen LogP contribution is 2.35. The molecular formula is C26H32N4O4. The van der Waals surface area contributed by atoms with Crippen molar-refractivity contribution in [3.05, 3.63) is 45.7 Å². The molecule has 2 fully saturated rings. The van der Waals surface area contributed by atoms with Crippen LogP contribution >= 0.6 is 0 Å². The number of nitriles is 1. The Kier molecular flexibility index (Phi) is 6.50. The van der Waals surface area contributed by atoms with E-state index in [1.54, 1.807) is 11.0 Å². The number of H-pyrrole nitrogens is 1. The summed E-state index contributed by atoms with van der Waals surface area (Å²) in [6, 6.07) is 7.92. The summed E-state index contributed by atoms with van der Waals surface area (Å²) in [5.74, 6) is -0.444. The molecule has 1 unspecified atom stereocenters. The van der Waals surface area contributed by atoms with Crippen molar-refractivity contribution in [2.45, 2.75) is 77.6 Å². The molecule has 3 heterocycles. The number of fused-ring (bicyclic) bond motifs is 2. The molecule has 2 aliphatic heterocycles. The molecule has 0 spiro atoms. The molecule has 0 aliphatic carbocycles. The van der Waals surface area contributed by atoms with Crippen LogP contribution in [0.15, 0.2) is 29.1 Å². The highest BCUT2D eigenvalue weighted by molar-refractivity contribution is 5.89. The van der Waals surface area contributed by atoms with Crippen LogP contribution in [0.25, 0.3) is 10.9 Å². The van der Waals surface area contributed by atoms with Crippen molar-refractivity contribution in [3.63, 3.8) is 0 Å². The van der Waals surface area contributed by atoms with Crippen LogP contribution in [-0.4, -0.2) is 52.5 Å². The van der Waals surface area contributed by atoms with Crippen LogP contribution in [0.4, 0.5) is 0 Å². The predicted molar refractivity (Wildman–Crippen MR) is 128 cm³/mol. The van der Waals surface area contributed by atoms with Gasteiger partial charge in [-0.1, -0.05) is 32.4 Å². The molecule has 180 valence electrons. The molecule has 1 aromatic carbocycles. The van der Waals surface area contributed by atoms with Gasteiger partial charge >= 0.3 is 0 Å². The number of aromatic amines is 1. The molecule has 4 rings (SSSR count). The van der Waals surface area contributed by atoms with Crippen LogP contribution < -0.4 is 10.9 Å². The molecule has 2 N–H and O–H groups in total. The van der Waals surface area contributed by atoms with Gasteiger partial charge < -0.3 is 19.9 Å². The van der Waals surface area contributed by atoms with Crippen molar-refractivity contribution in [3.8, 4) is 6.07 Å². The summed E-state index contributed by atoms with van der Waals surface area (Å²) in [6.07, 6.45) is 1.37. The number of ether oxygens (including phenoxy) is 1. The first-order valence-electron chi connectivity index (χ1n) is 11.8. The third-order valence-corrected chi connectivity index (χ3v) is 6.57. The van der Waals surface area contributed by atoms with E-state index in [2.05, 4.69) is 16.4 Å². The Labute approximate surface area is 199 Å². The SMILES string of the molecule is Cc1ccc2[nH]c(=O)c(C[C@@H](C#N)NC(=O)C3C[C@H]4OCC[C@H]4N3C(=O)CC(C)(C)C)cc2c1. The van der Waals surface area contributed by atoms with Gasteiger partial charge in [-0.25, -0.2) is 0 Å². The number of aryl methyl sites for hydroxylation is 1. The van der Waals surface area contributed by atoms with E-state index < -0.39 is 12.1 Å². The van der Waals surface area contributed by atoms with E-state index >= 15 is 0 Å². The van der Waals surface area contributed by atoms with E-state index in [1.165, 1.54) is 0 Å². The molecule has 8 nitrogen and oxygen atoms in total. The molecular weight excluding hydrogens is 432 g/mol. The fourth-order valence-electron chi connectivity index (χ4n) is 5.02. The second-order valence-electron chi connectivity index (χ2n) is 10.7. The predicted octanol–water partition coefficient (Wildman–Crippen LogP) is 2.58. The van der Waals surface area contributed by atoms with Crippen LogP contribution in [0, 0.1) is 23.7 Å². The summed E-state index contributed by atoms with van der Waals surface area (Å²) in [4.78, 5) is 43.5. The lowest BCUT2D eigenvalue weighted by Crippen LogP contribution is -2.52. The topological polar surface area (TPSA) is 115 Å². The number of benzene rings is 1. The van der Waals surface area contributed by atoms with Gasteiger partial charge in [0.15, 0.2) is 0 Å². The second kappa shape index (κ2) is 9.22. The monoisotopic (exact) mass is 464 g/mol. The van der Waals surface area contributed by atoms with Gasteiger partial charge in [-0.15, -0.1) is 0 Å². The Morgan fingerprint density at radius 1 is 1.32 bits per heavy atom. The molecule has 0 saturated carbocycles. The van der Waals surface area contributed by atoms with Crippen LogP contribution in [0.2, 0.25) is 0 Å². The van der Waals surface area contributed by atoms with E-state index in [4.69, 9.17) is 4.74 Å². The van der Waals surface area contributed by atoms with Gasteiger partial charge in [0.2, 0.25) is 11.8 Å². The Morgan fingerprint density at radius 2 is 2.09 bits per heavy atom. The number of likely N-dealkylation sites (tertiary alicyclic amines) is 1. The molecule has 8 heteroatoms. The van der Waals surface area contributed by atoms with Crippen molar-refractivity contribution in [1.29, 1.82) is 5.26 Å². The van der Waals surface area contributed by atoms with Gasteiger partial charge in [-0.2, -0.15) is 5.26 Å². The van der Waals surface area contributed by atoms with Gasteiger partial charge in [0, 0.05) is 36.9 Å². The second-order valence-corrected chi connectivity index (χ2v) is 10.7. The summed E-state index contributed by atoms with van der Waals surface area (Å²) < 4.78 is 5.78. The number of hydrogen-bond acceptors (Lipinski definition) is 5. The summed E-state index contributed by atoms with van der Waals surface area (Å²) in [5.41, 5.74) is 1.72. The molecule has 2 saturated heterocycles. The molecule has 0 bridgehead atoms. The van der Waals surface area contributed by atoms with E-state index in [0.29, 0.717) is 31.4 Å². The normalized spacial score (nSPS) is 22.9. The van der Waals surface area contributed by atoms with Crippen molar-refractivity contribution < 1.29 is 14.3 Å². The molecule has 2 aromatic rings. The van der Waals surface area contributed by atoms with Crippen molar-refractivity contribution in [1.82, 2.24) is 15.2 Å². The Bertz CT molecular complexity index is 1210. The molecule has 2 amide bonds. The maximum Gasteiger partial charge on any atom is 0.251 e. The van der Waals surface area contributed by atoms with Gasteiger partial charge in [0.25, 0.3) is 5.56 Å². The number of rotatable bonds is 5. The van der Waals surface area contributed by atoms with E-state index in [1.807, 2.05) is 45.9 Å². The number of pyridine rings is 1. The lowest BCUT2D eigenvalue weighted by molar-refractivity contribution is -0.142. The first-order valence-corrected chi connectivity index (χ1v) is 11.8. The Morgan fingerprint density at radius 3 is 2.79 bits per heavy atom. The molecule has 4 atom stereocenters. The summed E-state index contributed by atoms with van der Waals surface area (Å²) in [5, 5.41) is 13.4. The zero-order chi connectivity index (χ0) is 24.6. The average Bonchev–Trinajstić information content (AvgIpc) is 3.33. The molecule has 2 aliphatic rings. The number of nitrogens with one attached hydrogen (secondary N) is 2. The minimum absolute atomic E-state index is 0.0690. The van der Waals surface area contributed by atoms with Crippen LogP contribution in [0.1, 0.15) is 51.2 Å². The maximum atomic E-state index is 13.3. The number of carbonyl (C=O) groups excluding carboxylic acids is 2. The third-order valence-electron chi connectivity index (χ3n) is 6.57. The number of nitrogens with zero attached hydrogens (tertiary/aromatic N) is 2. The van der Waals surface area contributed by atoms with Gasteiger partial charge in [0.1, 0.15) is 12.1 Å². The van der Waals surface area contributed by atoms with Crippen LogP contribution in [-0.2, 0) is 20.7 Å². The van der Waals surface area contributed by atoms with Crippen molar-refractivity contribution in [2.24, 2.45) is 5.41 Å². The highest BCUT2D eigenvalue weighted by atomic mass is 16.5. The fourth-order valence-corrected chi connectivity index (χ4v) is 5.02. The Hall–Kier alpha value is -3.18. The van der Waals surface area contributed by atoms with Crippen LogP contribution in [0.3, 0.4) is 0 Å². The zero-order valence-corrected chi connectivity index (χ0v) is 20.2.